The first-order valence-electron chi connectivity index (χ1n) is 12.2. The van der Waals surface area contributed by atoms with Crippen LogP contribution in [0.1, 0.15) is 34.5 Å². The molecule has 1 aliphatic rings. The fourth-order valence-corrected chi connectivity index (χ4v) is 5.90. The average molecular weight is 565 g/mol. The van der Waals surface area contributed by atoms with Gasteiger partial charge in [-0.1, -0.05) is 24.3 Å². The van der Waals surface area contributed by atoms with Gasteiger partial charge in [0, 0.05) is 19.6 Å². The van der Waals surface area contributed by atoms with Crippen molar-refractivity contribution in [2.45, 2.75) is 30.8 Å². The van der Waals surface area contributed by atoms with E-state index in [4.69, 9.17) is 4.42 Å². The van der Waals surface area contributed by atoms with Gasteiger partial charge < -0.3 is 14.6 Å². The maximum absolute atomic E-state index is 13.6. The SMILES string of the molecule is Cc1ccc(C(F)(F)F)cc1N(CC(=O)N1CCCC(CNC(=O)c2cnco2)C1)S(=O)(=O)c1ccccc1. The van der Waals surface area contributed by atoms with Crippen molar-refractivity contribution in [3.63, 3.8) is 0 Å². The summed E-state index contributed by atoms with van der Waals surface area (Å²) in [6.07, 6.45) is -0.951. The van der Waals surface area contributed by atoms with Crippen LogP contribution in [0.25, 0.3) is 0 Å². The van der Waals surface area contributed by atoms with E-state index in [0.717, 1.165) is 29.3 Å². The van der Waals surface area contributed by atoms with E-state index >= 15 is 0 Å². The number of hydrogen-bond donors (Lipinski definition) is 1. The number of carbonyl (C=O) groups excluding carboxylic acids is 2. The fraction of sp³-hybridized carbons (Fsp3) is 0.346. The van der Waals surface area contributed by atoms with Crippen molar-refractivity contribution in [2.24, 2.45) is 5.92 Å². The Bertz CT molecular complexity index is 1410. The van der Waals surface area contributed by atoms with Crippen molar-refractivity contribution in [3.05, 3.63) is 78.0 Å². The Morgan fingerprint density at radius 2 is 1.92 bits per heavy atom. The number of carbonyl (C=O) groups is 2. The molecule has 0 radical (unpaired) electrons. The lowest BCUT2D eigenvalue weighted by Gasteiger charge is -2.35. The van der Waals surface area contributed by atoms with Gasteiger partial charge >= 0.3 is 6.18 Å². The zero-order valence-electron chi connectivity index (χ0n) is 21.0. The first-order valence-corrected chi connectivity index (χ1v) is 13.6. The molecule has 0 saturated carbocycles. The quantitative estimate of drug-likeness (QED) is 0.445. The lowest BCUT2D eigenvalue weighted by molar-refractivity contribution is -0.137. The summed E-state index contributed by atoms with van der Waals surface area (Å²) < 4.78 is 73.5. The predicted molar refractivity (Wildman–Crippen MR) is 135 cm³/mol. The van der Waals surface area contributed by atoms with E-state index in [0.29, 0.717) is 13.0 Å². The number of oxazole rings is 1. The Morgan fingerprint density at radius 3 is 2.59 bits per heavy atom. The van der Waals surface area contributed by atoms with Gasteiger partial charge in [-0.15, -0.1) is 0 Å². The van der Waals surface area contributed by atoms with Gasteiger partial charge in [0.05, 0.1) is 22.3 Å². The number of rotatable bonds is 8. The molecule has 1 aliphatic heterocycles. The van der Waals surface area contributed by atoms with E-state index in [2.05, 4.69) is 10.3 Å². The molecule has 9 nitrogen and oxygen atoms in total. The second-order valence-electron chi connectivity index (χ2n) is 9.25. The summed E-state index contributed by atoms with van der Waals surface area (Å²) in [5.41, 5.74) is -0.985. The number of halogens is 3. The predicted octanol–water partition coefficient (Wildman–Crippen LogP) is 3.87. The van der Waals surface area contributed by atoms with E-state index in [9.17, 15) is 31.2 Å². The molecule has 2 heterocycles. The van der Waals surface area contributed by atoms with E-state index in [1.54, 1.807) is 6.07 Å². The van der Waals surface area contributed by atoms with E-state index in [1.807, 2.05) is 0 Å². The van der Waals surface area contributed by atoms with Crippen molar-refractivity contribution < 1.29 is 35.6 Å². The normalized spacial score (nSPS) is 16.1. The van der Waals surface area contributed by atoms with Gasteiger partial charge in [0.2, 0.25) is 11.7 Å². The molecular weight excluding hydrogens is 537 g/mol. The number of nitrogens with one attached hydrogen (secondary N) is 1. The standard InChI is InChI=1S/C26H27F3N4O5S/c1-18-9-10-20(26(27,28)29)12-22(18)33(39(36,37)21-7-3-2-4-8-21)16-24(34)32-11-5-6-19(15-32)13-31-25(35)23-14-30-17-38-23/h2-4,7-10,12,14,17,19H,5-6,11,13,15-16H2,1H3,(H,31,35). The molecule has 0 bridgehead atoms. The molecule has 1 saturated heterocycles. The highest BCUT2D eigenvalue weighted by molar-refractivity contribution is 7.92. The topological polar surface area (TPSA) is 113 Å². The zero-order chi connectivity index (χ0) is 28.2. The Hall–Kier alpha value is -3.87. The molecular formula is C26H27F3N4O5S. The van der Waals surface area contributed by atoms with Crippen LogP contribution in [0.4, 0.5) is 18.9 Å². The van der Waals surface area contributed by atoms with Crippen LogP contribution < -0.4 is 9.62 Å². The molecule has 4 rings (SSSR count). The van der Waals surface area contributed by atoms with Crippen molar-refractivity contribution >= 4 is 27.5 Å². The smallest absolute Gasteiger partial charge is 0.416 e. The third-order valence-electron chi connectivity index (χ3n) is 6.49. The minimum atomic E-state index is -4.70. The number of aromatic nitrogens is 1. The highest BCUT2D eigenvalue weighted by atomic mass is 32.2. The van der Waals surface area contributed by atoms with Crippen LogP contribution in [-0.2, 0) is 21.0 Å². The molecule has 1 aromatic heterocycles. The number of piperidine rings is 1. The Morgan fingerprint density at radius 1 is 1.18 bits per heavy atom. The number of sulfonamides is 1. The van der Waals surface area contributed by atoms with Crippen LogP contribution in [0, 0.1) is 12.8 Å². The molecule has 1 atom stereocenters. The summed E-state index contributed by atoms with van der Waals surface area (Å²) in [4.78, 5) is 30.6. The van der Waals surface area contributed by atoms with Gasteiger partial charge in [-0.05, 0) is 55.5 Å². The van der Waals surface area contributed by atoms with Crippen LogP contribution in [0.3, 0.4) is 0 Å². The van der Waals surface area contributed by atoms with Gasteiger partial charge in [-0.2, -0.15) is 13.2 Å². The lowest BCUT2D eigenvalue weighted by atomic mass is 9.98. The number of amides is 2. The van der Waals surface area contributed by atoms with Gasteiger partial charge in [0.15, 0.2) is 6.39 Å². The average Bonchev–Trinajstić information content (AvgIpc) is 3.46. The van der Waals surface area contributed by atoms with Crippen molar-refractivity contribution in [1.82, 2.24) is 15.2 Å². The zero-order valence-corrected chi connectivity index (χ0v) is 21.8. The maximum atomic E-state index is 13.6. The third kappa shape index (κ3) is 6.59. The molecule has 1 fully saturated rings. The molecule has 0 aliphatic carbocycles. The fourth-order valence-electron chi connectivity index (χ4n) is 4.41. The number of nitrogens with zero attached hydrogens (tertiary/aromatic N) is 3. The summed E-state index contributed by atoms with van der Waals surface area (Å²) >= 11 is 0. The molecule has 13 heteroatoms. The number of anilines is 1. The van der Waals surface area contributed by atoms with Crippen LogP contribution in [0.5, 0.6) is 0 Å². The second kappa shape index (κ2) is 11.5. The summed E-state index contributed by atoms with van der Waals surface area (Å²) in [6.45, 7) is 1.66. The number of alkyl halides is 3. The Kier molecular flexibility index (Phi) is 8.28. The second-order valence-corrected chi connectivity index (χ2v) is 11.1. The number of likely N-dealkylation sites (tertiary alicyclic amines) is 1. The first-order chi connectivity index (χ1) is 18.5. The lowest BCUT2D eigenvalue weighted by Crippen LogP contribution is -2.48. The largest absolute Gasteiger partial charge is 0.438 e. The van der Waals surface area contributed by atoms with Crippen LogP contribution >= 0.6 is 0 Å². The molecule has 1 N–H and O–H groups in total. The van der Waals surface area contributed by atoms with Crippen LogP contribution in [0.15, 0.2) is 70.4 Å². The van der Waals surface area contributed by atoms with Gasteiger partial charge in [-0.3, -0.25) is 13.9 Å². The van der Waals surface area contributed by atoms with Gasteiger partial charge in [0.1, 0.15) is 6.54 Å². The molecule has 2 amide bonds. The monoisotopic (exact) mass is 564 g/mol. The van der Waals surface area contributed by atoms with Crippen molar-refractivity contribution in [2.75, 3.05) is 30.5 Å². The van der Waals surface area contributed by atoms with Gasteiger partial charge in [0.25, 0.3) is 15.9 Å². The minimum absolute atomic E-state index is 0.0527. The van der Waals surface area contributed by atoms with Crippen LogP contribution in [0.2, 0.25) is 0 Å². The third-order valence-corrected chi connectivity index (χ3v) is 8.27. The van der Waals surface area contributed by atoms with E-state index in [1.165, 1.54) is 48.4 Å². The highest BCUT2D eigenvalue weighted by Crippen LogP contribution is 2.35. The summed E-state index contributed by atoms with van der Waals surface area (Å²) in [5.74, 6) is -1.06. The van der Waals surface area contributed by atoms with E-state index in [-0.39, 0.29) is 40.9 Å². The first kappa shape index (κ1) is 28.1. The highest BCUT2D eigenvalue weighted by Gasteiger charge is 2.35. The summed E-state index contributed by atoms with van der Waals surface area (Å²) in [6, 6.07) is 10.1. The van der Waals surface area contributed by atoms with Gasteiger partial charge in [-0.25, -0.2) is 13.4 Å². The molecule has 2 aromatic carbocycles. The summed E-state index contributed by atoms with van der Waals surface area (Å²) in [5, 5.41) is 2.73. The molecule has 208 valence electrons. The number of hydrogen-bond acceptors (Lipinski definition) is 6. The number of aryl methyl sites for hydroxylation is 1. The van der Waals surface area contributed by atoms with Crippen molar-refractivity contribution in [1.29, 1.82) is 0 Å². The maximum Gasteiger partial charge on any atom is 0.416 e. The van der Waals surface area contributed by atoms with Crippen molar-refractivity contribution in [3.8, 4) is 0 Å². The molecule has 0 spiro atoms. The number of benzene rings is 2. The van der Waals surface area contributed by atoms with E-state index < -0.39 is 40.1 Å². The summed E-state index contributed by atoms with van der Waals surface area (Å²) in [7, 11) is -4.39. The molecule has 39 heavy (non-hydrogen) atoms. The molecule has 3 aromatic rings. The minimum Gasteiger partial charge on any atom is -0.438 e. The Labute approximate surface area is 223 Å². The Balaban J connectivity index is 1.57. The van der Waals surface area contributed by atoms with Crippen LogP contribution in [-0.4, -0.2) is 56.3 Å². The molecule has 1 unspecified atom stereocenters.